The first-order chi connectivity index (χ1) is 9.81. The van der Waals surface area contributed by atoms with Crippen molar-refractivity contribution in [2.45, 2.75) is 25.3 Å². The third kappa shape index (κ3) is 1.85. The summed E-state index contributed by atoms with van der Waals surface area (Å²) in [6, 6.07) is 4.22. The number of hydrogen-bond donors (Lipinski definition) is 1. The molecule has 2 saturated heterocycles. The number of rotatable bonds is 1. The Morgan fingerprint density at radius 2 is 2.30 bits per heavy atom. The fourth-order valence-corrected chi connectivity index (χ4v) is 3.43. The Bertz CT molecular complexity index is 651. The maximum absolute atomic E-state index is 11.5. The number of fused-ring (bicyclic) bond motifs is 2. The molecule has 2 fully saturated rings. The molecular weight excluding hydrogens is 254 g/mol. The summed E-state index contributed by atoms with van der Waals surface area (Å²) >= 11 is 0. The van der Waals surface area contributed by atoms with Crippen molar-refractivity contribution in [3.63, 3.8) is 0 Å². The number of carbonyl (C=O) groups is 1. The monoisotopic (exact) mass is 271 g/mol. The zero-order valence-electron chi connectivity index (χ0n) is 11.2. The molecule has 2 aliphatic rings. The number of pyridine rings is 1. The lowest BCUT2D eigenvalue weighted by atomic mass is 9.85. The molecule has 0 spiro atoms. The summed E-state index contributed by atoms with van der Waals surface area (Å²) in [5.41, 5.74) is 0.883. The van der Waals surface area contributed by atoms with E-state index < -0.39 is 0 Å². The predicted molar refractivity (Wildman–Crippen MR) is 75.5 cm³/mol. The summed E-state index contributed by atoms with van der Waals surface area (Å²) in [7, 11) is 0. The molecule has 104 valence electrons. The summed E-state index contributed by atoms with van der Waals surface area (Å²) in [6.45, 7) is 1.89. The number of carbonyl (C=O) groups excluding carboxylic acids is 1. The Morgan fingerprint density at radius 1 is 1.35 bits per heavy atom. The van der Waals surface area contributed by atoms with Gasteiger partial charge in [0.05, 0.1) is 11.6 Å². The molecule has 0 saturated carbocycles. The number of aromatic nitrogens is 1. The Balaban J connectivity index is 1.61. The number of piperidine rings is 2. The van der Waals surface area contributed by atoms with Gasteiger partial charge in [0.1, 0.15) is 11.4 Å². The van der Waals surface area contributed by atoms with Crippen molar-refractivity contribution >= 4 is 22.7 Å². The Kier molecular flexibility index (Phi) is 2.65. The molecule has 1 amide bonds. The van der Waals surface area contributed by atoms with Crippen molar-refractivity contribution in [1.29, 1.82) is 0 Å². The van der Waals surface area contributed by atoms with Gasteiger partial charge in [0.15, 0.2) is 0 Å². The summed E-state index contributed by atoms with van der Waals surface area (Å²) in [5.74, 6) is 1.74. The summed E-state index contributed by atoms with van der Waals surface area (Å²) in [6.07, 6.45) is 6.14. The number of furan rings is 1. The standard InChI is InChI=1S/C15H17N3O2/c19-14-2-1-10-9-18(7-4-12(10)17-14)15-11-5-8-20-13(11)3-6-16-15/h3,5-6,8,10,12H,1-2,4,7,9H2,(H,17,19). The lowest BCUT2D eigenvalue weighted by molar-refractivity contribution is -0.124. The maximum Gasteiger partial charge on any atom is 0.220 e. The third-order valence-electron chi connectivity index (χ3n) is 4.48. The molecule has 2 atom stereocenters. The van der Waals surface area contributed by atoms with Gasteiger partial charge in [-0.15, -0.1) is 0 Å². The molecule has 2 aromatic heterocycles. The molecule has 2 aromatic rings. The Morgan fingerprint density at radius 3 is 3.25 bits per heavy atom. The topological polar surface area (TPSA) is 58.4 Å². The van der Waals surface area contributed by atoms with Gasteiger partial charge in [-0.3, -0.25) is 4.79 Å². The van der Waals surface area contributed by atoms with Crippen molar-refractivity contribution < 1.29 is 9.21 Å². The predicted octanol–water partition coefficient (Wildman–Crippen LogP) is 1.93. The zero-order valence-corrected chi connectivity index (χ0v) is 11.2. The molecule has 0 radical (unpaired) electrons. The maximum atomic E-state index is 11.5. The Labute approximate surface area is 117 Å². The first-order valence-corrected chi connectivity index (χ1v) is 7.18. The van der Waals surface area contributed by atoms with Crippen molar-refractivity contribution in [3.8, 4) is 0 Å². The van der Waals surface area contributed by atoms with Gasteiger partial charge in [-0.2, -0.15) is 0 Å². The minimum Gasteiger partial charge on any atom is -0.464 e. The summed E-state index contributed by atoms with van der Waals surface area (Å²) < 4.78 is 5.45. The highest BCUT2D eigenvalue weighted by Crippen LogP contribution is 2.31. The zero-order chi connectivity index (χ0) is 13.5. The minimum absolute atomic E-state index is 0.203. The Hall–Kier alpha value is -2.04. The minimum atomic E-state index is 0.203. The van der Waals surface area contributed by atoms with Gasteiger partial charge in [-0.1, -0.05) is 0 Å². The van der Waals surface area contributed by atoms with E-state index in [2.05, 4.69) is 15.2 Å². The number of nitrogens with zero attached hydrogens (tertiary/aromatic N) is 2. The van der Waals surface area contributed by atoms with E-state index in [0.717, 1.165) is 42.7 Å². The molecule has 0 aromatic carbocycles. The quantitative estimate of drug-likeness (QED) is 0.861. The van der Waals surface area contributed by atoms with E-state index in [0.29, 0.717) is 18.4 Å². The second-order valence-corrected chi connectivity index (χ2v) is 5.67. The molecule has 0 bridgehead atoms. The number of hydrogen-bond acceptors (Lipinski definition) is 4. The fourth-order valence-electron chi connectivity index (χ4n) is 3.43. The van der Waals surface area contributed by atoms with Crippen LogP contribution in [0.4, 0.5) is 5.82 Å². The van der Waals surface area contributed by atoms with Crippen LogP contribution in [0.15, 0.2) is 29.0 Å². The van der Waals surface area contributed by atoms with Crippen LogP contribution in [0.1, 0.15) is 19.3 Å². The van der Waals surface area contributed by atoms with E-state index in [1.807, 2.05) is 12.1 Å². The van der Waals surface area contributed by atoms with Crippen LogP contribution in [0, 0.1) is 5.92 Å². The van der Waals surface area contributed by atoms with E-state index in [-0.39, 0.29) is 5.91 Å². The van der Waals surface area contributed by atoms with Crippen LogP contribution in [-0.4, -0.2) is 30.0 Å². The van der Waals surface area contributed by atoms with E-state index in [4.69, 9.17) is 4.42 Å². The molecule has 1 N–H and O–H groups in total. The molecule has 2 aliphatic heterocycles. The molecule has 2 unspecified atom stereocenters. The molecule has 4 heterocycles. The van der Waals surface area contributed by atoms with Crippen molar-refractivity contribution in [2.24, 2.45) is 5.92 Å². The molecular formula is C15H17N3O2. The van der Waals surface area contributed by atoms with Crippen molar-refractivity contribution in [1.82, 2.24) is 10.3 Å². The first-order valence-electron chi connectivity index (χ1n) is 7.18. The van der Waals surface area contributed by atoms with E-state index in [9.17, 15) is 4.79 Å². The van der Waals surface area contributed by atoms with Gasteiger partial charge in [-0.25, -0.2) is 4.98 Å². The highest BCUT2D eigenvalue weighted by molar-refractivity contribution is 5.88. The average molecular weight is 271 g/mol. The lowest BCUT2D eigenvalue weighted by Gasteiger charge is -2.42. The van der Waals surface area contributed by atoms with E-state index in [1.54, 1.807) is 12.5 Å². The SMILES string of the molecule is O=C1CCC2CN(c3nccc4occc34)CCC2N1. The van der Waals surface area contributed by atoms with Crippen LogP contribution in [0.5, 0.6) is 0 Å². The number of anilines is 1. The molecule has 5 heteroatoms. The molecule has 0 aliphatic carbocycles. The van der Waals surface area contributed by atoms with Gasteiger partial charge in [0, 0.05) is 31.7 Å². The van der Waals surface area contributed by atoms with Gasteiger partial charge >= 0.3 is 0 Å². The average Bonchev–Trinajstić information content (AvgIpc) is 2.95. The van der Waals surface area contributed by atoms with Gasteiger partial charge in [0.25, 0.3) is 0 Å². The van der Waals surface area contributed by atoms with Gasteiger partial charge in [-0.05, 0) is 30.9 Å². The molecule has 4 rings (SSSR count). The molecule has 5 nitrogen and oxygen atoms in total. The van der Waals surface area contributed by atoms with Crippen LogP contribution >= 0.6 is 0 Å². The third-order valence-corrected chi connectivity index (χ3v) is 4.48. The van der Waals surface area contributed by atoms with Crippen LogP contribution in [-0.2, 0) is 4.79 Å². The van der Waals surface area contributed by atoms with Crippen LogP contribution in [0.3, 0.4) is 0 Å². The second kappa shape index (κ2) is 4.51. The number of nitrogens with one attached hydrogen (secondary N) is 1. The highest BCUT2D eigenvalue weighted by Gasteiger charge is 2.34. The summed E-state index contributed by atoms with van der Waals surface area (Å²) in [5, 5.41) is 4.19. The van der Waals surface area contributed by atoms with Crippen LogP contribution in [0.25, 0.3) is 11.0 Å². The van der Waals surface area contributed by atoms with E-state index in [1.165, 1.54) is 0 Å². The number of amides is 1. The first kappa shape index (κ1) is 11.8. The second-order valence-electron chi connectivity index (χ2n) is 5.67. The van der Waals surface area contributed by atoms with Crippen molar-refractivity contribution in [2.75, 3.05) is 18.0 Å². The normalized spacial score (nSPS) is 26.4. The lowest BCUT2D eigenvalue weighted by Crippen LogP contribution is -2.54. The summed E-state index contributed by atoms with van der Waals surface area (Å²) in [4.78, 5) is 18.3. The smallest absolute Gasteiger partial charge is 0.220 e. The molecule has 20 heavy (non-hydrogen) atoms. The van der Waals surface area contributed by atoms with Crippen molar-refractivity contribution in [3.05, 3.63) is 24.6 Å². The van der Waals surface area contributed by atoms with Gasteiger partial charge < -0.3 is 14.6 Å². The van der Waals surface area contributed by atoms with Gasteiger partial charge in [0.2, 0.25) is 5.91 Å². The van der Waals surface area contributed by atoms with Crippen LogP contribution < -0.4 is 10.2 Å². The van der Waals surface area contributed by atoms with Crippen LogP contribution in [0.2, 0.25) is 0 Å². The highest BCUT2D eigenvalue weighted by atomic mass is 16.3. The largest absolute Gasteiger partial charge is 0.464 e. The fraction of sp³-hybridized carbons (Fsp3) is 0.467. The van der Waals surface area contributed by atoms with E-state index >= 15 is 0 Å².